The number of ketones is 1. The van der Waals surface area contributed by atoms with E-state index in [1.54, 1.807) is 68.4 Å². The van der Waals surface area contributed by atoms with Gasteiger partial charge >= 0.3 is 43.6 Å². The Hall–Kier alpha value is -4.72. The first-order chi connectivity index (χ1) is 31.1. The smallest absolute Gasteiger partial charge is 0.348 e. The molecule has 0 aliphatic carbocycles. The average Bonchev–Trinajstić information content (AvgIpc) is 3.22. The van der Waals surface area contributed by atoms with Crippen LogP contribution in [-0.4, -0.2) is 111 Å². The van der Waals surface area contributed by atoms with Crippen LogP contribution in [0.3, 0.4) is 0 Å². The van der Waals surface area contributed by atoms with Gasteiger partial charge in [-0.2, -0.15) is 0 Å². The number of hydrogen-bond acceptors (Lipinski definition) is 14. The van der Waals surface area contributed by atoms with Gasteiger partial charge in [0.05, 0.1) is 24.3 Å². The quantitative estimate of drug-likeness (QED) is 0.0153. The van der Waals surface area contributed by atoms with Crippen LogP contribution in [0, 0.1) is 0 Å². The number of carbonyl (C=O) groups excluding carboxylic acids is 4. The molecule has 0 amide bonds. The third-order valence-corrected chi connectivity index (χ3v) is 28.9. The van der Waals surface area contributed by atoms with Crippen molar-refractivity contribution in [3.05, 3.63) is 118 Å². The number of nitrogens with zero attached hydrogens (tertiary/aromatic N) is 1. The molecule has 0 saturated heterocycles. The molecular formula is C54H95NO13Si5. The third-order valence-electron chi connectivity index (χ3n) is 10.1. The summed E-state index contributed by atoms with van der Waals surface area (Å²) in [5, 5.41) is 12.2. The summed E-state index contributed by atoms with van der Waals surface area (Å²) < 4.78 is 49.4. The minimum atomic E-state index is -3.36. The zero-order valence-electron chi connectivity index (χ0n) is 41.9. The normalized spacial score (nSPS) is 11.8. The monoisotopic (exact) mass is 1110 g/mol. The van der Waals surface area contributed by atoms with E-state index >= 15 is 0 Å². The standard InChI is InChI=1S/C48H71NO13Si5.6CH4/c1-17-49(18-2)38-27-30-42(44(50)32-38)45(51)40-23-21-22-24-41(40)46(52)58-34-36(6)67(16,59-63(7,8)9)62-66(14,15)61-65(12,13)60-64(10,11)35(5)33-57-39-28-25-37(26-29-39)31-43(47(53)55-19-3)48(54)56-20-4;;;;;;/h21-32,50H,5-6,17-20,33-34H2,1-4,7-16H3;6*1H4. The minimum Gasteiger partial charge on any atom is -0.507 e. The van der Waals surface area contributed by atoms with Crippen molar-refractivity contribution in [2.24, 2.45) is 0 Å². The van der Waals surface area contributed by atoms with E-state index in [9.17, 15) is 24.3 Å². The highest BCUT2D eigenvalue weighted by Gasteiger charge is 2.49. The van der Waals surface area contributed by atoms with Gasteiger partial charge in [-0.25, -0.2) is 14.4 Å². The highest BCUT2D eigenvalue weighted by molar-refractivity contribution is 6.93. The van der Waals surface area contributed by atoms with Crippen molar-refractivity contribution in [3.8, 4) is 11.5 Å². The molecule has 414 valence electrons. The Morgan fingerprint density at radius 1 is 0.589 bits per heavy atom. The van der Waals surface area contributed by atoms with Crippen LogP contribution < -0.4 is 9.64 Å². The van der Waals surface area contributed by atoms with Crippen LogP contribution in [-0.2, 0) is 40.3 Å². The lowest BCUT2D eigenvalue weighted by Crippen LogP contribution is -2.60. The Morgan fingerprint density at radius 2 is 1.10 bits per heavy atom. The van der Waals surface area contributed by atoms with E-state index in [1.807, 2.05) is 79.3 Å². The van der Waals surface area contributed by atoms with Crippen molar-refractivity contribution in [1.82, 2.24) is 0 Å². The number of benzene rings is 3. The van der Waals surface area contributed by atoms with Crippen LogP contribution >= 0.6 is 0 Å². The minimum absolute atomic E-state index is 0. The van der Waals surface area contributed by atoms with Crippen LogP contribution in [0.15, 0.2) is 95.9 Å². The number of aromatic hydroxyl groups is 1. The van der Waals surface area contributed by atoms with E-state index in [2.05, 4.69) is 18.1 Å². The Kier molecular flexibility index (Phi) is 32.7. The third kappa shape index (κ3) is 22.3. The van der Waals surface area contributed by atoms with Crippen molar-refractivity contribution in [1.29, 1.82) is 0 Å². The molecule has 0 spiro atoms. The summed E-state index contributed by atoms with van der Waals surface area (Å²) in [6.45, 7) is 37.6. The van der Waals surface area contributed by atoms with E-state index in [0.717, 1.165) is 24.0 Å². The second kappa shape index (κ2) is 31.9. The fourth-order valence-electron chi connectivity index (χ4n) is 7.19. The van der Waals surface area contributed by atoms with Gasteiger partial charge in [0.25, 0.3) is 0 Å². The lowest BCUT2D eigenvalue weighted by molar-refractivity contribution is -0.146. The molecule has 1 unspecified atom stereocenters. The Morgan fingerprint density at radius 3 is 1.58 bits per heavy atom. The van der Waals surface area contributed by atoms with Crippen molar-refractivity contribution in [2.75, 3.05) is 44.4 Å². The largest absolute Gasteiger partial charge is 0.507 e. The summed E-state index contributed by atoms with van der Waals surface area (Å²) in [5.74, 6) is -2.39. The van der Waals surface area contributed by atoms with Gasteiger partial charge in [0.1, 0.15) is 30.3 Å². The number of hydrogen-bond donors (Lipinski definition) is 1. The van der Waals surface area contributed by atoms with Gasteiger partial charge in [-0.1, -0.05) is 88.0 Å². The SMILES string of the molecule is C.C.C.C.C.C.C=C(COc1ccc(C=C(C(=O)OCC)C(=O)OCC)cc1)[Si](C)(C)O[Si](C)(C)O[Si](C)(C)O[Si](C)(O[Si](C)(C)C)C(=C)COC(=O)c1ccccc1C(=O)c1ccc(N(CC)CC)cc1O. The lowest BCUT2D eigenvalue weighted by Gasteiger charge is -2.43. The highest BCUT2D eigenvalue weighted by atomic mass is 28.5. The molecular weight excluding hydrogens is 1010 g/mol. The first kappa shape index (κ1) is 74.8. The van der Waals surface area contributed by atoms with Crippen molar-refractivity contribution >= 4 is 77.8 Å². The summed E-state index contributed by atoms with van der Waals surface area (Å²) in [6.07, 6.45) is 1.42. The Bertz CT molecular complexity index is 2270. The first-order valence-corrected chi connectivity index (χ1v) is 36.7. The highest BCUT2D eigenvalue weighted by Crippen LogP contribution is 2.32. The number of ether oxygens (including phenoxy) is 4. The van der Waals surface area contributed by atoms with E-state index in [-0.39, 0.29) is 99.0 Å². The number of carbonyl (C=O) groups is 4. The predicted octanol–water partition coefficient (Wildman–Crippen LogP) is 13.8. The molecule has 3 rings (SSSR count). The maximum Gasteiger partial charge on any atom is 0.348 e. The van der Waals surface area contributed by atoms with Gasteiger partial charge < -0.3 is 45.4 Å². The van der Waals surface area contributed by atoms with Gasteiger partial charge in [0, 0.05) is 35.6 Å². The maximum atomic E-state index is 13.8. The molecule has 14 nitrogen and oxygen atoms in total. The fraction of sp³-hybridized carbons (Fsp3) is 0.481. The first-order valence-electron chi connectivity index (χ1n) is 22.5. The summed E-state index contributed by atoms with van der Waals surface area (Å²) in [6, 6.07) is 18.2. The molecule has 0 aliphatic rings. The second-order valence-corrected chi connectivity index (χ2v) is 37.6. The summed E-state index contributed by atoms with van der Waals surface area (Å²) >= 11 is 0. The van der Waals surface area contributed by atoms with Crippen molar-refractivity contribution < 1.29 is 59.7 Å². The van der Waals surface area contributed by atoms with Crippen LogP contribution in [0.5, 0.6) is 11.5 Å². The van der Waals surface area contributed by atoms with Gasteiger partial charge in [0.2, 0.25) is 8.32 Å². The van der Waals surface area contributed by atoms with E-state index in [0.29, 0.717) is 16.5 Å². The van der Waals surface area contributed by atoms with Gasteiger partial charge in [0.15, 0.2) is 14.1 Å². The van der Waals surface area contributed by atoms with E-state index in [4.69, 9.17) is 35.4 Å². The Labute approximate surface area is 447 Å². The molecule has 0 aliphatic heterocycles. The summed E-state index contributed by atoms with van der Waals surface area (Å²) in [7, 11) is -14.3. The number of phenols is 1. The molecule has 0 fully saturated rings. The van der Waals surface area contributed by atoms with Crippen molar-refractivity contribution in [3.63, 3.8) is 0 Å². The summed E-state index contributed by atoms with van der Waals surface area (Å²) in [4.78, 5) is 54.4. The zero-order chi connectivity index (χ0) is 50.5. The van der Waals surface area contributed by atoms with Crippen LogP contribution in [0.2, 0.25) is 65.5 Å². The number of rotatable bonds is 26. The number of esters is 3. The molecule has 0 bridgehead atoms. The molecule has 1 atom stereocenters. The second-order valence-electron chi connectivity index (χ2n) is 18.2. The number of phenolic OH excluding ortho intramolecular Hbond substituents is 1. The Balaban J connectivity index is -0.00000397. The molecule has 19 heteroatoms. The predicted molar refractivity (Wildman–Crippen MR) is 315 cm³/mol. The fourth-order valence-corrected chi connectivity index (χ4v) is 29.4. The molecule has 73 heavy (non-hydrogen) atoms. The molecule has 3 aromatic carbocycles. The van der Waals surface area contributed by atoms with Gasteiger partial charge in [-0.3, -0.25) is 4.79 Å². The topological polar surface area (TPSA) is 166 Å². The van der Waals surface area contributed by atoms with Gasteiger partial charge in [-0.05, 0) is 140 Å². The van der Waals surface area contributed by atoms with E-state index < -0.39 is 66.0 Å². The molecule has 0 heterocycles. The van der Waals surface area contributed by atoms with Crippen molar-refractivity contribution in [2.45, 2.75) is 138 Å². The molecule has 1 N–H and O–H groups in total. The number of anilines is 1. The average molecular weight is 1110 g/mol. The lowest BCUT2D eigenvalue weighted by atomic mass is 9.97. The van der Waals surface area contributed by atoms with Gasteiger partial charge in [-0.15, -0.1) is 0 Å². The molecule has 3 aromatic rings. The zero-order valence-corrected chi connectivity index (χ0v) is 46.9. The van der Waals surface area contributed by atoms with Crippen LogP contribution in [0.25, 0.3) is 6.08 Å². The van der Waals surface area contributed by atoms with E-state index in [1.165, 1.54) is 18.2 Å². The maximum absolute atomic E-state index is 13.8. The van der Waals surface area contributed by atoms with Crippen LogP contribution in [0.4, 0.5) is 5.69 Å². The van der Waals surface area contributed by atoms with Crippen LogP contribution in [0.1, 0.15) is 104 Å². The molecule has 0 saturated carbocycles. The molecule has 0 aromatic heterocycles. The summed E-state index contributed by atoms with van der Waals surface area (Å²) in [5.41, 5.74) is 1.39. The molecule has 0 radical (unpaired) electrons.